The van der Waals surface area contributed by atoms with Crippen LogP contribution in [0.25, 0.3) is 12.2 Å². The number of halogens is 1. The van der Waals surface area contributed by atoms with Crippen LogP contribution in [0.1, 0.15) is 11.3 Å². The van der Waals surface area contributed by atoms with Gasteiger partial charge < -0.3 is 9.15 Å². The number of hydrogen-bond acceptors (Lipinski definition) is 3. The molecule has 3 nitrogen and oxygen atoms in total. The summed E-state index contributed by atoms with van der Waals surface area (Å²) in [5.74, 6) is 0.913. The van der Waals surface area contributed by atoms with Gasteiger partial charge >= 0.3 is 5.63 Å². The van der Waals surface area contributed by atoms with Gasteiger partial charge in [0.2, 0.25) is 0 Å². The first-order valence-corrected chi connectivity index (χ1v) is 5.68. The number of methoxy groups -OCH3 is 1. The Hall–Kier alpha value is -2.00. The Morgan fingerprint density at radius 3 is 2.56 bits per heavy atom. The molecule has 0 bridgehead atoms. The molecule has 0 amide bonds. The van der Waals surface area contributed by atoms with Crippen LogP contribution in [0.3, 0.4) is 0 Å². The van der Waals surface area contributed by atoms with E-state index in [-0.39, 0.29) is 0 Å². The van der Waals surface area contributed by atoms with Crippen molar-refractivity contribution < 1.29 is 9.15 Å². The van der Waals surface area contributed by atoms with Crippen molar-refractivity contribution in [3.05, 3.63) is 63.2 Å². The van der Waals surface area contributed by atoms with Gasteiger partial charge in [-0.05, 0) is 23.8 Å². The highest BCUT2D eigenvalue weighted by Gasteiger charge is 1.98. The third-order valence-electron chi connectivity index (χ3n) is 2.31. The molecule has 0 radical (unpaired) electrons. The highest BCUT2D eigenvalue weighted by Crippen LogP contribution is 2.14. The lowest BCUT2D eigenvalue weighted by Gasteiger charge is -1.99. The Kier molecular flexibility index (Phi) is 3.85. The highest BCUT2D eigenvalue weighted by molar-refractivity contribution is 6.30. The van der Waals surface area contributed by atoms with Crippen LogP contribution < -0.4 is 10.4 Å². The van der Waals surface area contributed by atoms with Gasteiger partial charge in [-0.3, -0.25) is 0 Å². The molecular weight excluding hydrogens is 252 g/mol. The van der Waals surface area contributed by atoms with Crippen LogP contribution in [0.4, 0.5) is 0 Å². The van der Waals surface area contributed by atoms with Crippen molar-refractivity contribution >= 4 is 23.8 Å². The molecule has 4 heteroatoms. The average Bonchev–Trinajstić information content (AvgIpc) is 2.37. The molecule has 2 rings (SSSR count). The molecule has 0 spiro atoms. The summed E-state index contributed by atoms with van der Waals surface area (Å²) in [5, 5.41) is 0.681. The van der Waals surface area contributed by atoms with Crippen molar-refractivity contribution in [1.82, 2.24) is 0 Å². The third-order valence-corrected chi connectivity index (χ3v) is 2.56. The molecule has 0 N–H and O–H groups in total. The lowest BCUT2D eigenvalue weighted by atomic mass is 10.2. The van der Waals surface area contributed by atoms with Crippen molar-refractivity contribution in [2.75, 3.05) is 7.11 Å². The number of benzene rings is 1. The van der Waals surface area contributed by atoms with Crippen LogP contribution in [-0.2, 0) is 0 Å². The summed E-state index contributed by atoms with van der Waals surface area (Å²) in [7, 11) is 1.50. The molecule has 1 aromatic carbocycles. The Morgan fingerprint density at radius 2 is 1.89 bits per heavy atom. The minimum atomic E-state index is -0.440. The second kappa shape index (κ2) is 5.56. The largest absolute Gasteiger partial charge is 0.496 e. The molecule has 0 aliphatic carbocycles. The topological polar surface area (TPSA) is 39.4 Å². The second-order valence-electron chi connectivity index (χ2n) is 3.60. The molecule has 0 unspecified atom stereocenters. The van der Waals surface area contributed by atoms with E-state index in [0.29, 0.717) is 16.5 Å². The zero-order valence-corrected chi connectivity index (χ0v) is 10.5. The fourth-order valence-corrected chi connectivity index (χ4v) is 1.55. The van der Waals surface area contributed by atoms with Crippen molar-refractivity contribution in [3.8, 4) is 5.75 Å². The molecule has 0 saturated carbocycles. The van der Waals surface area contributed by atoms with Gasteiger partial charge in [-0.15, -0.1) is 0 Å². The second-order valence-corrected chi connectivity index (χ2v) is 4.04. The highest BCUT2D eigenvalue weighted by atomic mass is 35.5. The van der Waals surface area contributed by atoms with E-state index < -0.39 is 5.63 Å². The van der Waals surface area contributed by atoms with Crippen LogP contribution >= 0.6 is 11.6 Å². The summed E-state index contributed by atoms with van der Waals surface area (Å²) < 4.78 is 10.0. The zero-order chi connectivity index (χ0) is 13.0. The van der Waals surface area contributed by atoms with Crippen LogP contribution in [0, 0.1) is 0 Å². The van der Waals surface area contributed by atoms with Gasteiger partial charge in [-0.1, -0.05) is 29.8 Å². The van der Waals surface area contributed by atoms with Gasteiger partial charge in [0.1, 0.15) is 11.5 Å². The predicted molar refractivity (Wildman–Crippen MR) is 71.9 cm³/mol. The summed E-state index contributed by atoms with van der Waals surface area (Å²) >= 11 is 5.79. The van der Waals surface area contributed by atoms with Gasteiger partial charge in [-0.25, -0.2) is 4.79 Å². The van der Waals surface area contributed by atoms with E-state index in [1.807, 2.05) is 18.2 Å². The van der Waals surface area contributed by atoms with Crippen LogP contribution in [0.15, 0.2) is 45.6 Å². The molecule has 92 valence electrons. The Labute approximate surface area is 109 Å². The number of ether oxygens (including phenoxy) is 1. The fraction of sp³-hybridized carbons (Fsp3) is 0.0714. The molecule has 18 heavy (non-hydrogen) atoms. The van der Waals surface area contributed by atoms with E-state index in [0.717, 1.165) is 5.56 Å². The molecule has 0 aliphatic rings. The lowest BCUT2D eigenvalue weighted by molar-refractivity contribution is 0.400. The summed E-state index contributed by atoms with van der Waals surface area (Å²) in [4.78, 5) is 11.2. The quantitative estimate of drug-likeness (QED) is 0.850. The number of rotatable bonds is 3. The smallest absolute Gasteiger partial charge is 0.339 e. The third kappa shape index (κ3) is 3.25. The minimum absolute atomic E-state index is 0.439. The van der Waals surface area contributed by atoms with Crippen LogP contribution in [-0.4, -0.2) is 7.11 Å². The maximum atomic E-state index is 11.2. The first kappa shape index (κ1) is 12.5. The molecule has 1 heterocycles. The maximum absolute atomic E-state index is 11.2. The van der Waals surface area contributed by atoms with Gasteiger partial charge in [0.25, 0.3) is 0 Å². The monoisotopic (exact) mass is 262 g/mol. The molecule has 0 atom stereocenters. The molecule has 0 fully saturated rings. The molecule has 2 aromatic rings. The van der Waals surface area contributed by atoms with Gasteiger partial charge in [-0.2, -0.15) is 0 Å². The normalized spacial score (nSPS) is 10.8. The van der Waals surface area contributed by atoms with Gasteiger partial charge in [0.15, 0.2) is 0 Å². The van der Waals surface area contributed by atoms with Crippen molar-refractivity contribution in [3.63, 3.8) is 0 Å². The Balaban J connectivity index is 2.25. The molecule has 1 aromatic heterocycles. The minimum Gasteiger partial charge on any atom is -0.496 e. The van der Waals surface area contributed by atoms with Crippen LogP contribution in [0.2, 0.25) is 5.02 Å². The average molecular weight is 263 g/mol. The fourth-order valence-electron chi connectivity index (χ4n) is 1.43. The Morgan fingerprint density at radius 1 is 1.17 bits per heavy atom. The maximum Gasteiger partial charge on any atom is 0.339 e. The van der Waals surface area contributed by atoms with E-state index >= 15 is 0 Å². The SMILES string of the molecule is COc1cc(C=Cc2ccc(Cl)cc2)oc(=O)c1. The Bertz CT molecular complexity index is 612. The van der Waals surface area contributed by atoms with Crippen molar-refractivity contribution in [2.24, 2.45) is 0 Å². The van der Waals surface area contributed by atoms with E-state index in [1.54, 1.807) is 24.3 Å². The molecule has 0 aliphatic heterocycles. The van der Waals surface area contributed by atoms with Gasteiger partial charge in [0.05, 0.1) is 13.2 Å². The van der Waals surface area contributed by atoms with E-state index in [2.05, 4.69) is 0 Å². The lowest BCUT2D eigenvalue weighted by Crippen LogP contribution is -1.98. The summed E-state index contributed by atoms with van der Waals surface area (Å²) in [6.07, 6.45) is 3.53. The van der Waals surface area contributed by atoms with E-state index in [1.165, 1.54) is 13.2 Å². The zero-order valence-electron chi connectivity index (χ0n) is 9.72. The summed E-state index contributed by atoms with van der Waals surface area (Å²) in [6, 6.07) is 10.3. The summed E-state index contributed by atoms with van der Waals surface area (Å²) in [6.45, 7) is 0. The number of hydrogen-bond donors (Lipinski definition) is 0. The van der Waals surface area contributed by atoms with E-state index in [9.17, 15) is 4.79 Å². The predicted octanol–water partition coefficient (Wildman–Crippen LogP) is 3.47. The van der Waals surface area contributed by atoms with Gasteiger partial charge in [0, 0.05) is 11.1 Å². The standard InChI is InChI=1S/C14H11ClO3/c1-17-13-8-12(18-14(16)9-13)7-4-10-2-5-11(15)6-3-10/h2-9H,1H3. The first-order valence-electron chi connectivity index (χ1n) is 5.30. The van der Waals surface area contributed by atoms with E-state index in [4.69, 9.17) is 20.8 Å². The van der Waals surface area contributed by atoms with Crippen LogP contribution in [0.5, 0.6) is 5.75 Å². The van der Waals surface area contributed by atoms with Crippen molar-refractivity contribution in [1.29, 1.82) is 0 Å². The van der Waals surface area contributed by atoms with Crippen molar-refractivity contribution in [2.45, 2.75) is 0 Å². The summed E-state index contributed by atoms with van der Waals surface area (Å²) in [5.41, 5.74) is 0.523. The molecule has 0 saturated heterocycles. The molecular formula is C14H11ClO3. The first-order chi connectivity index (χ1) is 8.67.